The van der Waals surface area contributed by atoms with Crippen LogP contribution in [0.15, 0.2) is 18.3 Å². The van der Waals surface area contributed by atoms with E-state index in [0.29, 0.717) is 5.82 Å². The Hall–Kier alpha value is -1.99. The van der Waals surface area contributed by atoms with E-state index in [-0.39, 0.29) is 23.1 Å². The van der Waals surface area contributed by atoms with Crippen LogP contribution < -0.4 is 0 Å². The first kappa shape index (κ1) is 13.4. The quantitative estimate of drug-likeness (QED) is 0.634. The van der Waals surface area contributed by atoms with Gasteiger partial charge in [-0.25, -0.2) is 4.98 Å². The summed E-state index contributed by atoms with van der Waals surface area (Å²) < 4.78 is 6.12. The third kappa shape index (κ3) is 2.56. The standard InChI is InChI=1S/C11H11ClN4O3/c1-7-3-4-13-9(5-7)15-11(12)10(16(17)18)8(14-15)6-19-2/h3-5H,6H2,1-2H3. The molecule has 0 fully saturated rings. The van der Waals surface area contributed by atoms with Crippen molar-refractivity contribution in [3.05, 3.63) is 44.9 Å². The highest BCUT2D eigenvalue weighted by Crippen LogP contribution is 2.30. The van der Waals surface area contributed by atoms with Gasteiger partial charge in [-0.3, -0.25) is 10.1 Å². The second-order valence-corrected chi connectivity index (χ2v) is 4.24. The lowest BCUT2D eigenvalue weighted by atomic mass is 10.3. The van der Waals surface area contributed by atoms with E-state index in [9.17, 15) is 10.1 Å². The highest BCUT2D eigenvalue weighted by atomic mass is 35.5. The number of hydrogen-bond acceptors (Lipinski definition) is 5. The van der Waals surface area contributed by atoms with Gasteiger partial charge in [0.15, 0.2) is 11.5 Å². The molecule has 0 bridgehead atoms. The fraction of sp³-hybridized carbons (Fsp3) is 0.273. The van der Waals surface area contributed by atoms with E-state index in [1.807, 2.05) is 13.0 Å². The Morgan fingerprint density at radius 3 is 2.89 bits per heavy atom. The zero-order valence-corrected chi connectivity index (χ0v) is 11.1. The molecule has 8 heteroatoms. The molecule has 0 atom stereocenters. The molecule has 0 saturated carbocycles. The first-order valence-electron chi connectivity index (χ1n) is 5.38. The number of methoxy groups -OCH3 is 1. The molecule has 2 heterocycles. The van der Waals surface area contributed by atoms with E-state index in [0.717, 1.165) is 5.56 Å². The van der Waals surface area contributed by atoms with Crippen LogP contribution in [0.2, 0.25) is 5.15 Å². The summed E-state index contributed by atoms with van der Waals surface area (Å²) in [5, 5.41) is 15.0. The van der Waals surface area contributed by atoms with Gasteiger partial charge in [0, 0.05) is 13.3 Å². The number of aromatic nitrogens is 3. The van der Waals surface area contributed by atoms with Crippen LogP contribution in [0.25, 0.3) is 5.82 Å². The summed E-state index contributed by atoms with van der Waals surface area (Å²) in [4.78, 5) is 14.5. The van der Waals surface area contributed by atoms with Gasteiger partial charge in [-0.05, 0) is 24.6 Å². The number of nitrogens with zero attached hydrogens (tertiary/aromatic N) is 4. The summed E-state index contributed by atoms with van der Waals surface area (Å²) >= 11 is 6.01. The average molecular weight is 283 g/mol. The second kappa shape index (κ2) is 5.33. The van der Waals surface area contributed by atoms with E-state index in [4.69, 9.17) is 16.3 Å². The molecule has 2 aromatic heterocycles. The fourth-order valence-corrected chi connectivity index (χ4v) is 1.94. The second-order valence-electron chi connectivity index (χ2n) is 3.88. The molecule has 0 spiro atoms. The molecule has 0 amide bonds. The van der Waals surface area contributed by atoms with Crippen molar-refractivity contribution in [3.63, 3.8) is 0 Å². The predicted octanol–water partition coefficient (Wildman–Crippen LogP) is 2.28. The number of aryl methyl sites for hydroxylation is 1. The minimum Gasteiger partial charge on any atom is -0.378 e. The number of ether oxygens (including phenoxy) is 1. The van der Waals surface area contributed by atoms with Crippen molar-refractivity contribution in [2.45, 2.75) is 13.5 Å². The Labute approximate surface area is 113 Å². The molecular formula is C11H11ClN4O3. The normalized spacial score (nSPS) is 10.7. The average Bonchev–Trinajstić information content (AvgIpc) is 2.67. The summed E-state index contributed by atoms with van der Waals surface area (Å²) in [5.41, 5.74) is 0.861. The van der Waals surface area contributed by atoms with E-state index in [2.05, 4.69) is 10.1 Å². The van der Waals surface area contributed by atoms with Crippen LogP contribution in [-0.2, 0) is 11.3 Å². The summed E-state index contributed by atoms with van der Waals surface area (Å²) in [7, 11) is 1.43. The molecule has 0 saturated heterocycles. The summed E-state index contributed by atoms with van der Waals surface area (Å²) in [6.07, 6.45) is 1.59. The molecule has 100 valence electrons. The van der Waals surface area contributed by atoms with Crippen molar-refractivity contribution in [1.82, 2.24) is 14.8 Å². The minimum atomic E-state index is -0.573. The lowest BCUT2D eigenvalue weighted by Crippen LogP contribution is -2.01. The Balaban J connectivity index is 2.59. The van der Waals surface area contributed by atoms with Gasteiger partial charge in [0.2, 0.25) is 5.15 Å². The van der Waals surface area contributed by atoms with Crippen LogP contribution in [0, 0.1) is 17.0 Å². The molecule has 7 nitrogen and oxygen atoms in total. The molecular weight excluding hydrogens is 272 g/mol. The molecule has 0 unspecified atom stereocenters. The minimum absolute atomic E-state index is 0.00878. The number of pyridine rings is 1. The summed E-state index contributed by atoms with van der Waals surface area (Å²) in [6, 6.07) is 3.55. The highest BCUT2D eigenvalue weighted by Gasteiger charge is 2.27. The Morgan fingerprint density at radius 1 is 1.58 bits per heavy atom. The Kier molecular flexibility index (Phi) is 3.77. The Morgan fingerprint density at radius 2 is 2.32 bits per heavy atom. The first-order chi connectivity index (χ1) is 9.04. The molecule has 0 aliphatic carbocycles. The van der Waals surface area contributed by atoms with Crippen molar-refractivity contribution in [2.75, 3.05) is 7.11 Å². The lowest BCUT2D eigenvalue weighted by molar-refractivity contribution is -0.385. The monoisotopic (exact) mass is 282 g/mol. The van der Waals surface area contributed by atoms with E-state index in [1.165, 1.54) is 11.8 Å². The molecule has 0 aliphatic heterocycles. The van der Waals surface area contributed by atoms with Gasteiger partial charge in [-0.1, -0.05) is 11.6 Å². The fourth-order valence-electron chi connectivity index (χ4n) is 1.63. The highest BCUT2D eigenvalue weighted by molar-refractivity contribution is 6.32. The van der Waals surface area contributed by atoms with E-state index >= 15 is 0 Å². The van der Waals surface area contributed by atoms with Crippen molar-refractivity contribution < 1.29 is 9.66 Å². The topological polar surface area (TPSA) is 83.1 Å². The van der Waals surface area contributed by atoms with Crippen molar-refractivity contribution >= 4 is 17.3 Å². The van der Waals surface area contributed by atoms with Crippen LogP contribution in [0.5, 0.6) is 0 Å². The van der Waals surface area contributed by atoms with Gasteiger partial charge >= 0.3 is 5.69 Å². The van der Waals surface area contributed by atoms with Crippen molar-refractivity contribution in [1.29, 1.82) is 0 Å². The SMILES string of the molecule is COCc1nn(-c2cc(C)ccn2)c(Cl)c1[N+](=O)[O-]. The summed E-state index contributed by atoms with van der Waals surface area (Å²) in [6.45, 7) is 1.89. The zero-order chi connectivity index (χ0) is 14.0. The maximum atomic E-state index is 11.0. The van der Waals surface area contributed by atoms with E-state index < -0.39 is 4.92 Å². The number of halogens is 1. The van der Waals surface area contributed by atoms with Gasteiger partial charge in [-0.15, -0.1) is 0 Å². The molecule has 2 aromatic rings. The van der Waals surface area contributed by atoms with Crippen LogP contribution in [-0.4, -0.2) is 26.8 Å². The maximum Gasteiger partial charge on any atom is 0.331 e. The van der Waals surface area contributed by atoms with Gasteiger partial charge in [0.1, 0.15) is 0 Å². The summed E-state index contributed by atoms with van der Waals surface area (Å²) in [5.74, 6) is 0.426. The number of hydrogen-bond donors (Lipinski definition) is 0. The third-order valence-electron chi connectivity index (χ3n) is 2.46. The molecule has 0 aliphatic rings. The van der Waals surface area contributed by atoms with Crippen LogP contribution >= 0.6 is 11.6 Å². The van der Waals surface area contributed by atoms with Gasteiger partial charge < -0.3 is 4.74 Å². The van der Waals surface area contributed by atoms with Crippen LogP contribution in [0.3, 0.4) is 0 Å². The van der Waals surface area contributed by atoms with Gasteiger partial charge in [0.25, 0.3) is 0 Å². The lowest BCUT2D eigenvalue weighted by Gasteiger charge is -2.01. The predicted molar refractivity (Wildman–Crippen MR) is 68.5 cm³/mol. The van der Waals surface area contributed by atoms with Gasteiger partial charge in [-0.2, -0.15) is 9.78 Å². The molecule has 0 N–H and O–H groups in total. The molecule has 2 rings (SSSR count). The maximum absolute atomic E-state index is 11.0. The Bertz CT molecular complexity index is 626. The molecule has 0 radical (unpaired) electrons. The zero-order valence-electron chi connectivity index (χ0n) is 10.3. The first-order valence-corrected chi connectivity index (χ1v) is 5.76. The molecule has 19 heavy (non-hydrogen) atoms. The van der Waals surface area contributed by atoms with Gasteiger partial charge in [0.05, 0.1) is 11.5 Å². The van der Waals surface area contributed by atoms with Crippen LogP contribution in [0.4, 0.5) is 5.69 Å². The smallest absolute Gasteiger partial charge is 0.331 e. The molecule has 0 aromatic carbocycles. The van der Waals surface area contributed by atoms with E-state index in [1.54, 1.807) is 12.3 Å². The number of nitro groups is 1. The number of rotatable bonds is 4. The van der Waals surface area contributed by atoms with Crippen LogP contribution in [0.1, 0.15) is 11.3 Å². The third-order valence-corrected chi connectivity index (χ3v) is 2.80. The van der Waals surface area contributed by atoms with Crippen molar-refractivity contribution in [2.24, 2.45) is 0 Å². The largest absolute Gasteiger partial charge is 0.378 e. The van der Waals surface area contributed by atoms with Crippen molar-refractivity contribution in [3.8, 4) is 5.82 Å².